The van der Waals surface area contributed by atoms with Gasteiger partial charge in [-0.1, -0.05) is 19.9 Å². The van der Waals surface area contributed by atoms with Gasteiger partial charge in [0.25, 0.3) is 0 Å². The second-order valence-corrected chi connectivity index (χ2v) is 5.27. The van der Waals surface area contributed by atoms with Crippen LogP contribution in [0.1, 0.15) is 20.8 Å². The number of nitrogens with zero attached hydrogens (tertiary/aromatic N) is 2. The van der Waals surface area contributed by atoms with Crippen molar-refractivity contribution >= 4 is 5.84 Å². The molecule has 0 aromatic heterocycles. The first-order chi connectivity index (χ1) is 8.57. The Bertz CT molecular complexity index is 397. The third kappa shape index (κ3) is 2.35. The van der Waals surface area contributed by atoms with Crippen LogP contribution in [0.3, 0.4) is 0 Å². The number of amidine groups is 1. The minimum absolute atomic E-state index is 0.102. The third-order valence-electron chi connectivity index (χ3n) is 3.76. The highest BCUT2D eigenvalue weighted by atomic mass is 16.5. The van der Waals surface area contributed by atoms with Gasteiger partial charge in [0.05, 0.1) is 19.3 Å². The molecule has 0 radical (unpaired) electrons. The molecule has 100 valence electrons. The number of methoxy groups -OCH3 is 1. The smallest absolute Gasteiger partial charge is 0.133 e. The van der Waals surface area contributed by atoms with E-state index < -0.39 is 0 Å². The minimum Gasteiger partial charge on any atom is -0.382 e. The Hall–Kier alpha value is -1.13. The van der Waals surface area contributed by atoms with Gasteiger partial charge in [-0.15, -0.1) is 0 Å². The van der Waals surface area contributed by atoms with E-state index in [1.54, 1.807) is 7.11 Å². The number of ether oxygens (including phenoxy) is 2. The molecular weight excluding hydrogens is 228 g/mol. The standard InChI is InChI=1S/C14H22N2O2/c1-11-14(2,3)12-6-5-7-16(13(12)15-11)10-18-9-8-17-4/h5-7,11H,8-10H2,1-4H3. The summed E-state index contributed by atoms with van der Waals surface area (Å²) in [6.07, 6.45) is 6.24. The topological polar surface area (TPSA) is 34.1 Å². The summed E-state index contributed by atoms with van der Waals surface area (Å²) in [6, 6.07) is 0.306. The second kappa shape index (κ2) is 5.24. The van der Waals surface area contributed by atoms with Crippen molar-refractivity contribution < 1.29 is 9.47 Å². The Morgan fingerprint density at radius 1 is 1.39 bits per heavy atom. The molecule has 0 bridgehead atoms. The van der Waals surface area contributed by atoms with Gasteiger partial charge in [-0.25, -0.2) is 0 Å². The molecule has 1 unspecified atom stereocenters. The highest BCUT2D eigenvalue weighted by Gasteiger charge is 2.40. The fourth-order valence-corrected chi connectivity index (χ4v) is 2.17. The molecule has 0 aliphatic carbocycles. The number of rotatable bonds is 5. The average molecular weight is 250 g/mol. The summed E-state index contributed by atoms with van der Waals surface area (Å²) in [4.78, 5) is 6.82. The molecule has 0 spiro atoms. The van der Waals surface area contributed by atoms with E-state index >= 15 is 0 Å². The highest BCUT2D eigenvalue weighted by molar-refractivity contribution is 6.03. The van der Waals surface area contributed by atoms with Crippen LogP contribution in [0.15, 0.2) is 28.9 Å². The molecule has 4 heteroatoms. The summed E-state index contributed by atoms with van der Waals surface area (Å²) in [6.45, 7) is 8.39. The zero-order chi connectivity index (χ0) is 13.2. The van der Waals surface area contributed by atoms with Crippen molar-refractivity contribution in [2.24, 2.45) is 10.4 Å². The molecule has 0 aromatic carbocycles. The fraction of sp³-hybridized carbons (Fsp3) is 0.643. The van der Waals surface area contributed by atoms with Crippen LogP contribution in [0.4, 0.5) is 0 Å². The van der Waals surface area contributed by atoms with Crippen molar-refractivity contribution in [2.45, 2.75) is 26.8 Å². The maximum Gasteiger partial charge on any atom is 0.133 e. The summed E-state index contributed by atoms with van der Waals surface area (Å²) in [5, 5.41) is 0. The molecule has 18 heavy (non-hydrogen) atoms. The summed E-state index contributed by atoms with van der Waals surface area (Å²) in [5.41, 5.74) is 1.40. The van der Waals surface area contributed by atoms with Gasteiger partial charge < -0.3 is 14.4 Å². The van der Waals surface area contributed by atoms with Crippen molar-refractivity contribution in [3.63, 3.8) is 0 Å². The Kier molecular flexibility index (Phi) is 3.88. The van der Waals surface area contributed by atoms with E-state index in [-0.39, 0.29) is 5.41 Å². The predicted molar refractivity (Wildman–Crippen MR) is 72.4 cm³/mol. The van der Waals surface area contributed by atoms with Crippen LogP contribution in [0.5, 0.6) is 0 Å². The Labute approximate surface area is 109 Å². The van der Waals surface area contributed by atoms with Gasteiger partial charge >= 0.3 is 0 Å². The lowest BCUT2D eigenvalue weighted by molar-refractivity contribution is 0.0406. The normalized spacial score (nSPS) is 24.9. The van der Waals surface area contributed by atoms with E-state index in [1.165, 1.54) is 5.57 Å². The van der Waals surface area contributed by atoms with Gasteiger partial charge in [0, 0.05) is 24.3 Å². The van der Waals surface area contributed by atoms with E-state index in [2.05, 4.69) is 37.8 Å². The Morgan fingerprint density at radius 3 is 2.89 bits per heavy atom. The van der Waals surface area contributed by atoms with Crippen LogP contribution >= 0.6 is 0 Å². The molecule has 0 amide bonds. The van der Waals surface area contributed by atoms with E-state index in [4.69, 9.17) is 14.5 Å². The third-order valence-corrected chi connectivity index (χ3v) is 3.76. The van der Waals surface area contributed by atoms with Crippen LogP contribution in [-0.4, -0.2) is 43.8 Å². The number of hydrogen-bond acceptors (Lipinski definition) is 4. The summed E-state index contributed by atoms with van der Waals surface area (Å²) in [7, 11) is 1.68. The lowest BCUT2D eigenvalue weighted by Gasteiger charge is -2.29. The maximum absolute atomic E-state index is 5.57. The van der Waals surface area contributed by atoms with Gasteiger partial charge in [-0.3, -0.25) is 4.99 Å². The van der Waals surface area contributed by atoms with Crippen molar-refractivity contribution in [2.75, 3.05) is 27.1 Å². The quantitative estimate of drug-likeness (QED) is 0.701. The van der Waals surface area contributed by atoms with Gasteiger partial charge in [-0.05, 0) is 13.0 Å². The minimum atomic E-state index is 0.102. The van der Waals surface area contributed by atoms with Crippen LogP contribution in [-0.2, 0) is 9.47 Å². The average Bonchev–Trinajstić information content (AvgIpc) is 2.58. The van der Waals surface area contributed by atoms with Crippen LogP contribution in [0, 0.1) is 5.41 Å². The summed E-state index contributed by atoms with van der Waals surface area (Å²) >= 11 is 0. The SMILES string of the molecule is COCCOCN1C=CC=C2C1=NC(C)C2(C)C. The zero-order valence-electron chi connectivity index (χ0n) is 11.6. The fourth-order valence-electron chi connectivity index (χ4n) is 2.17. The number of allylic oxidation sites excluding steroid dienone is 2. The van der Waals surface area contributed by atoms with Gasteiger partial charge in [0.2, 0.25) is 0 Å². The molecule has 0 aromatic rings. The highest BCUT2D eigenvalue weighted by Crippen LogP contribution is 2.40. The first-order valence-electron chi connectivity index (χ1n) is 6.38. The molecule has 0 N–H and O–H groups in total. The van der Waals surface area contributed by atoms with Crippen molar-refractivity contribution in [1.29, 1.82) is 0 Å². The molecule has 2 rings (SSSR count). The molecule has 2 heterocycles. The van der Waals surface area contributed by atoms with Crippen molar-refractivity contribution in [3.05, 3.63) is 23.9 Å². The van der Waals surface area contributed by atoms with Crippen LogP contribution < -0.4 is 0 Å². The number of fused-ring (bicyclic) bond motifs is 1. The molecule has 0 saturated carbocycles. The monoisotopic (exact) mass is 250 g/mol. The molecule has 4 nitrogen and oxygen atoms in total. The lowest BCUT2D eigenvalue weighted by Crippen LogP contribution is -2.33. The second-order valence-electron chi connectivity index (χ2n) is 5.27. The molecule has 0 saturated heterocycles. The summed E-state index contributed by atoms with van der Waals surface area (Å²) < 4.78 is 10.5. The molecule has 2 aliphatic rings. The molecule has 1 atom stereocenters. The summed E-state index contributed by atoms with van der Waals surface area (Å²) in [5.74, 6) is 1.05. The predicted octanol–water partition coefficient (Wildman–Crippen LogP) is 2.19. The first-order valence-corrected chi connectivity index (χ1v) is 6.38. The first kappa shape index (κ1) is 13.3. The van der Waals surface area contributed by atoms with Crippen molar-refractivity contribution in [1.82, 2.24) is 4.90 Å². The lowest BCUT2D eigenvalue weighted by atomic mass is 9.79. The number of hydrogen-bond donors (Lipinski definition) is 0. The molecule has 2 aliphatic heterocycles. The van der Waals surface area contributed by atoms with Crippen LogP contribution in [0.2, 0.25) is 0 Å². The van der Waals surface area contributed by atoms with Gasteiger partial charge in [-0.2, -0.15) is 0 Å². The maximum atomic E-state index is 5.57. The van der Waals surface area contributed by atoms with E-state index in [0.717, 1.165) is 5.84 Å². The Morgan fingerprint density at radius 2 is 2.17 bits per heavy atom. The van der Waals surface area contributed by atoms with E-state index in [9.17, 15) is 0 Å². The molecule has 0 fully saturated rings. The number of aliphatic imine (C=N–C) groups is 1. The Balaban J connectivity index is 2.02. The zero-order valence-corrected chi connectivity index (χ0v) is 11.6. The van der Waals surface area contributed by atoms with Crippen molar-refractivity contribution in [3.8, 4) is 0 Å². The van der Waals surface area contributed by atoms with Gasteiger partial charge in [0.15, 0.2) is 0 Å². The van der Waals surface area contributed by atoms with Crippen LogP contribution in [0.25, 0.3) is 0 Å². The van der Waals surface area contributed by atoms with E-state index in [1.807, 2.05) is 6.20 Å². The largest absolute Gasteiger partial charge is 0.382 e. The van der Waals surface area contributed by atoms with Gasteiger partial charge in [0.1, 0.15) is 12.6 Å². The van der Waals surface area contributed by atoms with E-state index in [0.29, 0.717) is 26.0 Å². The molecular formula is C14H22N2O2.